The highest BCUT2D eigenvalue weighted by atomic mass is 35.5. The van der Waals surface area contributed by atoms with Gasteiger partial charge in [-0.15, -0.1) is 0 Å². The molecule has 456 valence electrons. The van der Waals surface area contributed by atoms with Crippen molar-refractivity contribution in [3.8, 4) is 45.3 Å². The molecule has 4 saturated heterocycles. The minimum Gasteiger partial charge on any atom is -0.495 e. The largest absolute Gasteiger partial charge is 0.495 e. The van der Waals surface area contributed by atoms with E-state index in [-0.39, 0.29) is 24.3 Å². The number of aromatic nitrogens is 4. The van der Waals surface area contributed by atoms with Crippen LogP contribution in [-0.4, -0.2) is 155 Å². The Balaban J connectivity index is 0.000000205. The zero-order chi connectivity index (χ0) is 61.5. The maximum atomic E-state index is 13.4. The van der Waals surface area contributed by atoms with Crippen LogP contribution in [0.25, 0.3) is 44.1 Å². The van der Waals surface area contributed by atoms with E-state index in [9.17, 15) is 24.3 Å². The summed E-state index contributed by atoms with van der Waals surface area (Å²) in [7, 11) is 6.11. The molecular weight excluding hydrogens is 1170 g/mol. The molecule has 6 aromatic rings. The van der Waals surface area contributed by atoms with E-state index in [1.165, 1.54) is 59.3 Å². The zero-order valence-corrected chi connectivity index (χ0v) is 52.7. The van der Waals surface area contributed by atoms with E-state index in [4.69, 9.17) is 79.8 Å². The van der Waals surface area contributed by atoms with Crippen molar-refractivity contribution in [2.75, 3.05) is 67.7 Å². The third kappa shape index (κ3) is 15.7. The van der Waals surface area contributed by atoms with Crippen molar-refractivity contribution >= 4 is 92.3 Å². The number of rotatable bonds is 12. The van der Waals surface area contributed by atoms with E-state index in [1.54, 1.807) is 50.2 Å². The Kier molecular flexibility index (Phi) is 21.1. The lowest BCUT2D eigenvalue weighted by Gasteiger charge is -2.30. The summed E-state index contributed by atoms with van der Waals surface area (Å²) in [5.41, 5.74) is 2.79. The second-order valence-electron chi connectivity index (χ2n) is 23.4. The third-order valence-electron chi connectivity index (χ3n) is 14.9. The van der Waals surface area contributed by atoms with Gasteiger partial charge in [0.2, 0.25) is 5.91 Å². The highest BCUT2D eigenvalue weighted by molar-refractivity contribution is 6.42. The quantitative estimate of drug-likeness (QED) is 0.116. The highest BCUT2D eigenvalue weighted by Gasteiger charge is 2.44. The molecule has 0 saturated carbocycles. The Morgan fingerprint density at radius 3 is 1.32 bits per heavy atom. The predicted octanol–water partition coefficient (Wildman–Crippen LogP) is 12.7. The summed E-state index contributed by atoms with van der Waals surface area (Å²) in [4.78, 5) is 74.3. The molecule has 3 amide bonds. The first-order valence-electron chi connectivity index (χ1n) is 28.3. The van der Waals surface area contributed by atoms with Gasteiger partial charge in [-0.1, -0.05) is 58.5 Å². The van der Waals surface area contributed by atoms with Crippen molar-refractivity contribution < 1.29 is 52.7 Å². The van der Waals surface area contributed by atoms with Crippen LogP contribution in [0.15, 0.2) is 60.9 Å². The van der Waals surface area contributed by atoms with E-state index in [1.807, 2.05) is 62.1 Å². The van der Waals surface area contributed by atoms with Crippen molar-refractivity contribution in [1.29, 1.82) is 0 Å². The van der Waals surface area contributed by atoms with Gasteiger partial charge in [-0.25, -0.2) is 34.3 Å². The Morgan fingerprint density at radius 2 is 0.965 bits per heavy atom. The fraction of sp³-hybridized carbons (Fsp3) is 0.484. The minimum absolute atomic E-state index is 0.000636. The first-order chi connectivity index (χ1) is 40.4. The van der Waals surface area contributed by atoms with Crippen LogP contribution in [0.4, 0.5) is 9.59 Å². The SMILES string of the molecule is C1CCNC1.COc1cc(OC)c(Cl)c(-c2ccc3nc(C[C@H]4C[C@@H](C(=O)N5CCCC5)N(C(=O)OC(C)(C)C)C4)ncc3c2)c1Cl.COc1cc(OC)c(Cl)c(-c2ccc3nc(C[C@H]4C[C@@H](C(=O)O)N(C(=O)OC(C)(C)C)C4)ncc3c2)c1Cl. The summed E-state index contributed by atoms with van der Waals surface area (Å²) in [6.45, 7) is 15.4. The van der Waals surface area contributed by atoms with E-state index in [2.05, 4.69) is 20.3 Å². The molecule has 0 aliphatic carbocycles. The Labute approximate surface area is 515 Å². The van der Waals surface area contributed by atoms with Crippen molar-refractivity contribution in [3.63, 3.8) is 0 Å². The van der Waals surface area contributed by atoms with Gasteiger partial charge in [0, 0.05) is 85.4 Å². The van der Waals surface area contributed by atoms with Gasteiger partial charge in [0.1, 0.15) is 57.9 Å². The van der Waals surface area contributed by atoms with Crippen molar-refractivity contribution in [2.45, 2.75) is 116 Å². The molecule has 0 spiro atoms. The van der Waals surface area contributed by atoms with Gasteiger partial charge >= 0.3 is 18.2 Å². The molecule has 4 aliphatic rings. The van der Waals surface area contributed by atoms with Crippen LogP contribution in [-0.2, 0) is 31.9 Å². The molecule has 4 aromatic carbocycles. The standard InChI is InChI=1S/C31H36Cl2N4O5.C27H29Cl2N3O6.C4H9N/c1-31(2,3)42-30(39)37-17-18(12-22(37)29(38)36-10-6-7-11-36)13-25-34-16-20-14-19(8-9-21(20)35-25)26-27(32)23(40-4)15-24(41-5)28(26)33;1-27(2,3)38-26(35)32-13-14(8-18(32)25(33)34)9-21-30-12-16-10-15(6-7-17(16)31-21)22-23(28)19(36-4)11-20(37-5)24(22)29;1-2-4-5-3-1/h8-9,14-16,18,22H,6-7,10-13,17H2,1-5H3;6-7,10-12,14,18H,8-9,13H2,1-5H3,(H,33,34);5H,1-4H2/t18-,22+;14-,18+;/m11./s1. The van der Waals surface area contributed by atoms with Gasteiger partial charge in [0.25, 0.3) is 0 Å². The zero-order valence-electron chi connectivity index (χ0n) is 49.7. The molecule has 4 aliphatic heterocycles. The molecular formula is C62H74Cl4N8O11. The number of benzene rings is 4. The van der Waals surface area contributed by atoms with Gasteiger partial charge in [-0.3, -0.25) is 14.6 Å². The summed E-state index contributed by atoms with van der Waals surface area (Å²) in [5.74, 6) is 1.84. The van der Waals surface area contributed by atoms with Crippen LogP contribution in [0, 0.1) is 11.8 Å². The van der Waals surface area contributed by atoms with E-state index in [0.29, 0.717) is 104 Å². The normalized spacial score (nSPS) is 18.6. The molecule has 4 fully saturated rings. The minimum atomic E-state index is -1.06. The van der Waals surface area contributed by atoms with Crippen LogP contribution in [0.3, 0.4) is 0 Å². The van der Waals surface area contributed by atoms with Crippen LogP contribution >= 0.6 is 46.4 Å². The van der Waals surface area contributed by atoms with E-state index in [0.717, 1.165) is 53.3 Å². The highest BCUT2D eigenvalue weighted by Crippen LogP contribution is 2.48. The number of likely N-dealkylation sites (tertiary alicyclic amines) is 3. The second-order valence-corrected chi connectivity index (χ2v) is 24.9. The number of halogens is 4. The maximum absolute atomic E-state index is 13.4. The van der Waals surface area contributed by atoms with Crippen molar-refractivity contribution in [2.24, 2.45) is 11.8 Å². The van der Waals surface area contributed by atoms with Gasteiger partial charge in [0.05, 0.1) is 59.6 Å². The lowest BCUT2D eigenvalue weighted by atomic mass is 10.00. The summed E-state index contributed by atoms with van der Waals surface area (Å²) < 4.78 is 32.7. The molecule has 0 radical (unpaired) electrons. The van der Waals surface area contributed by atoms with Crippen molar-refractivity contribution in [3.05, 3.63) is 92.7 Å². The van der Waals surface area contributed by atoms with Gasteiger partial charge < -0.3 is 43.7 Å². The van der Waals surface area contributed by atoms with E-state index >= 15 is 0 Å². The fourth-order valence-electron chi connectivity index (χ4n) is 10.9. The number of fused-ring (bicyclic) bond motifs is 2. The number of amides is 3. The summed E-state index contributed by atoms with van der Waals surface area (Å²) in [6.07, 6.45) is 8.94. The number of nitrogens with zero attached hydrogens (tertiary/aromatic N) is 7. The lowest BCUT2D eigenvalue weighted by molar-refractivity contribution is -0.142. The first-order valence-corrected chi connectivity index (χ1v) is 29.8. The Hall–Kier alpha value is -6.64. The average Bonchev–Trinajstić information content (AvgIpc) is 3.79. The van der Waals surface area contributed by atoms with Gasteiger partial charge in [-0.05, 0) is 140 Å². The lowest BCUT2D eigenvalue weighted by Crippen LogP contribution is -2.48. The maximum Gasteiger partial charge on any atom is 0.411 e. The Bertz CT molecular complexity index is 3360. The molecule has 2 N–H and O–H groups in total. The second kappa shape index (κ2) is 27.8. The summed E-state index contributed by atoms with van der Waals surface area (Å²) in [5, 5.41) is 16.0. The number of carbonyl (C=O) groups excluding carboxylic acids is 3. The molecule has 10 rings (SSSR count). The van der Waals surface area contributed by atoms with Crippen LogP contribution in [0.2, 0.25) is 20.1 Å². The number of carboxylic acids is 1. The number of hydrogen-bond donors (Lipinski definition) is 2. The molecule has 6 heterocycles. The molecule has 2 aromatic heterocycles. The van der Waals surface area contributed by atoms with Crippen molar-refractivity contribution in [1.82, 2.24) is 40.0 Å². The number of nitrogens with one attached hydrogen (secondary N) is 1. The van der Waals surface area contributed by atoms with E-state index < -0.39 is 41.4 Å². The number of methoxy groups -OCH3 is 4. The summed E-state index contributed by atoms with van der Waals surface area (Å²) in [6, 6.07) is 13.1. The topological polar surface area (TPSA) is 217 Å². The van der Waals surface area contributed by atoms with Gasteiger partial charge in [-0.2, -0.15) is 0 Å². The predicted molar refractivity (Wildman–Crippen MR) is 329 cm³/mol. The third-order valence-corrected chi connectivity index (χ3v) is 16.4. The molecule has 0 bridgehead atoms. The smallest absolute Gasteiger partial charge is 0.411 e. The number of carbonyl (C=O) groups is 4. The average molecular weight is 1250 g/mol. The fourth-order valence-corrected chi connectivity index (χ4v) is 12.3. The monoisotopic (exact) mass is 1250 g/mol. The number of hydrogen-bond acceptors (Lipinski definition) is 15. The first kappa shape index (κ1) is 64.4. The number of ether oxygens (including phenoxy) is 6. The number of aliphatic carboxylic acids is 1. The summed E-state index contributed by atoms with van der Waals surface area (Å²) >= 11 is 26.4. The molecule has 19 nitrogen and oxygen atoms in total. The van der Waals surface area contributed by atoms with Crippen LogP contribution in [0.1, 0.15) is 91.7 Å². The van der Waals surface area contributed by atoms with Crippen LogP contribution < -0.4 is 24.3 Å². The number of carboxylic acid groups (broad SMARTS) is 1. The van der Waals surface area contributed by atoms with Crippen LogP contribution in [0.5, 0.6) is 23.0 Å². The molecule has 4 atom stereocenters. The Morgan fingerprint density at radius 1 is 0.576 bits per heavy atom. The molecule has 85 heavy (non-hydrogen) atoms. The molecule has 23 heteroatoms. The molecule has 0 unspecified atom stereocenters. The van der Waals surface area contributed by atoms with Gasteiger partial charge in [0.15, 0.2) is 0 Å².